The lowest BCUT2D eigenvalue weighted by Gasteiger charge is -2.04. The van der Waals surface area contributed by atoms with Gasteiger partial charge in [0.05, 0.1) is 4.92 Å². The van der Waals surface area contributed by atoms with Crippen LogP contribution in [0, 0.1) is 15.9 Å². The number of halogens is 1. The van der Waals surface area contributed by atoms with Crippen LogP contribution in [-0.2, 0) is 6.42 Å². The summed E-state index contributed by atoms with van der Waals surface area (Å²) in [6, 6.07) is 7.74. The molecule has 0 amide bonds. The lowest BCUT2D eigenvalue weighted by molar-refractivity contribution is -0.383. The molecule has 0 aromatic heterocycles. The second-order valence-corrected chi connectivity index (χ2v) is 4.28. The quantitative estimate of drug-likeness (QED) is 0.406. The smallest absolute Gasteiger partial charge is 0.292 e. The van der Waals surface area contributed by atoms with Gasteiger partial charge in [-0.2, -0.15) is 0 Å². The fraction of sp³-hybridized carbons (Fsp3) is 0.0769. The summed E-state index contributed by atoms with van der Waals surface area (Å²) in [5.41, 5.74) is 8.27. The van der Waals surface area contributed by atoms with Crippen molar-refractivity contribution in [2.75, 3.05) is 5.73 Å². The predicted molar refractivity (Wildman–Crippen MR) is 65.7 cm³/mol. The third-order valence-electron chi connectivity index (χ3n) is 3.20. The first-order valence-corrected chi connectivity index (χ1v) is 5.42. The van der Waals surface area contributed by atoms with Crippen molar-refractivity contribution < 1.29 is 9.31 Å². The number of nitrogens with two attached hydrogens (primary N) is 1. The molecule has 2 N–H and O–H groups in total. The van der Waals surface area contributed by atoms with E-state index in [9.17, 15) is 14.5 Å². The van der Waals surface area contributed by atoms with Crippen molar-refractivity contribution in [2.45, 2.75) is 6.42 Å². The van der Waals surface area contributed by atoms with E-state index in [2.05, 4.69) is 0 Å². The largest absolute Gasteiger partial charge is 0.393 e. The Bertz CT molecular complexity index is 683. The van der Waals surface area contributed by atoms with Crippen molar-refractivity contribution in [3.63, 3.8) is 0 Å². The average Bonchev–Trinajstić information content (AvgIpc) is 2.65. The molecule has 0 bridgehead atoms. The number of nitrogen functional groups attached to an aromatic ring is 1. The lowest BCUT2D eigenvalue weighted by Crippen LogP contribution is -1.97. The van der Waals surface area contributed by atoms with Gasteiger partial charge in [-0.25, -0.2) is 4.39 Å². The lowest BCUT2D eigenvalue weighted by atomic mass is 10.0. The molecule has 4 nitrogen and oxygen atoms in total. The minimum atomic E-state index is -0.547. The molecule has 2 aromatic carbocycles. The average molecular weight is 244 g/mol. The Labute approximate surface area is 102 Å². The van der Waals surface area contributed by atoms with Gasteiger partial charge < -0.3 is 5.73 Å². The number of fused-ring (bicyclic) bond motifs is 3. The van der Waals surface area contributed by atoms with Crippen LogP contribution in [0.5, 0.6) is 0 Å². The molecule has 5 heteroatoms. The number of anilines is 1. The highest BCUT2D eigenvalue weighted by Crippen LogP contribution is 2.42. The van der Waals surface area contributed by atoms with E-state index >= 15 is 0 Å². The molecule has 3 rings (SSSR count). The normalized spacial score (nSPS) is 12.1. The molecule has 90 valence electrons. The maximum atomic E-state index is 13.8. The molecule has 0 atom stereocenters. The monoisotopic (exact) mass is 244 g/mol. The zero-order chi connectivity index (χ0) is 12.9. The highest BCUT2D eigenvalue weighted by molar-refractivity contribution is 5.82. The fourth-order valence-electron chi connectivity index (χ4n) is 2.41. The number of rotatable bonds is 1. The second-order valence-electron chi connectivity index (χ2n) is 4.28. The maximum Gasteiger partial charge on any atom is 0.292 e. The molecule has 0 heterocycles. The van der Waals surface area contributed by atoms with Crippen LogP contribution in [0.2, 0.25) is 0 Å². The van der Waals surface area contributed by atoms with Crippen LogP contribution in [0.15, 0.2) is 30.3 Å². The molecule has 0 saturated carbocycles. The highest BCUT2D eigenvalue weighted by atomic mass is 19.1. The van der Waals surface area contributed by atoms with Gasteiger partial charge in [-0.15, -0.1) is 0 Å². The summed E-state index contributed by atoms with van der Waals surface area (Å²) in [6.45, 7) is 0. The summed E-state index contributed by atoms with van der Waals surface area (Å²) in [5, 5.41) is 10.9. The summed E-state index contributed by atoms with van der Waals surface area (Å²) >= 11 is 0. The number of benzene rings is 2. The summed E-state index contributed by atoms with van der Waals surface area (Å²) in [5.74, 6) is -0.356. The van der Waals surface area contributed by atoms with Crippen LogP contribution in [0.25, 0.3) is 11.1 Å². The molecule has 0 unspecified atom stereocenters. The van der Waals surface area contributed by atoms with Crippen LogP contribution in [0.3, 0.4) is 0 Å². The standard InChI is InChI=1S/C13H9FN2O2/c14-10-3-1-2-7-4-8-5-11(15)12(16(17)18)6-9(8)13(7)10/h1-3,5-6H,4,15H2. The maximum absolute atomic E-state index is 13.8. The fourth-order valence-corrected chi connectivity index (χ4v) is 2.41. The number of hydrogen-bond donors (Lipinski definition) is 1. The summed E-state index contributed by atoms with van der Waals surface area (Å²) in [4.78, 5) is 10.3. The van der Waals surface area contributed by atoms with Crippen molar-refractivity contribution in [1.82, 2.24) is 0 Å². The number of nitro benzene ring substituents is 1. The third kappa shape index (κ3) is 1.37. The summed E-state index contributed by atoms with van der Waals surface area (Å²) in [6.07, 6.45) is 0.560. The van der Waals surface area contributed by atoms with Gasteiger partial charge in [0, 0.05) is 11.6 Å². The van der Waals surface area contributed by atoms with Crippen LogP contribution < -0.4 is 5.73 Å². The van der Waals surface area contributed by atoms with E-state index in [4.69, 9.17) is 5.73 Å². The summed E-state index contributed by atoms with van der Waals surface area (Å²) < 4.78 is 13.8. The molecule has 18 heavy (non-hydrogen) atoms. The van der Waals surface area contributed by atoms with E-state index in [-0.39, 0.29) is 17.2 Å². The molecule has 1 aliphatic carbocycles. The zero-order valence-corrected chi connectivity index (χ0v) is 9.31. The van der Waals surface area contributed by atoms with Gasteiger partial charge in [0.15, 0.2) is 0 Å². The molecule has 0 aliphatic heterocycles. The van der Waals surface area contributed by atoms with Gasteiger partial charge in [-0.05, 0) is 35.2 Å². The third-order valence-corrected chi connectivity index (χ3v) is 3.20. The van der Waals surface area contributed by atoms with Crippen molar-refractivity contribution in [2.24, 2.45) is 0 Å². The predicted octanol–water partition coefficient (Wildman–Crippen LogP) is 2.89. The minimum Gasteiger partial charge on any atom is -0.393 e. The van der Waals surface area contributed by atoms with Crippen molar-refractivity contribution in [1.29, 1.82) is 0 Å². The highest BCUT2D eigenvalue weighted by Gasteiger charge is 2.25. The van der Waals surface area contributed by atoms with Crippen LogP contribution in [-0.4, -0.2) is 4.92 Å². The van der Waals surface area contributed by atoms with Crippen LogP contribution in [0.1, 0.15) is 11.1 Å². The van der Waals surface area contributed by atoms with Crippen LogP contribution in [0.4, 0.5) is 15.8 Å². The van der Waals surface area contributed by atoms with Crippen molar-refractivity contribution in [3.8, 4) is 11.1 Å². The molecular weight excluding hydrogens is 235 g/mol. The Morgan fingerprint density at radius 3 is 2.78 bits per heavy atom. The first-order valence-electron chi connectivity index (χ1n) is 5.42. The van der Waals surface area contributed by atoms with Gasteiger partial charge in [-0.1, -0.05) is 12.1 Å². The molecule has 1 aliphatic rings. The van der Waals surface area contributed by atoms with E-state index < -0.39 is 4.92 Å². The van der Waals surface area contributed by atoms with Gasteiger partial charge in [0.2, 0.25) is 0 Å². The molecule has 2 aromatic rings. The second kappa shape index (κ2) is 3.53. The van der Waals surface area contributed by atoms with Crippen LogP contribution >= 0.6 is 0 Å². The number of nitrogens with zero attached hydrogens (tertiary/aromatic N) is 1. The Balaban J connectivity index is 2.30. The van der Waals surface area contributed by atoms with Gasteiger partial charge in [-0.3, -0.25) is 10.1 Å². The Morgan fingerprint density at radius 2 is 2.06 bits per heavy atom. The van der Waals surface area contributed by atoms with Gasteiger partial charge in [0.1, 0.15) is 11.5 Å². The van der Waals surface area contributed by atoms with Gasteiger partial charge >= 0.3 is 0 Å². The molecule has 0 saturated heterocycles. The Morgan fingerprint density at radius 1 is 1.28 bits per heavy atom. The van der Waals surface area contributed by atoms with E-state index in [1.165, 1.54) is 12.1 Å². The molecule has 0 radical (unpaired) electrons. The number of hydrogen-bond acceptors (Lipinski definition) is 3. The topological polar surface area (TPSA) is 69.2 Å². The zero-order valence-electron chi connectivity index (χ0n) is 9.31. The molecular formula is C13H9FN2O2. The van der Waals surface area contributed by atoms with Crippen molar-refractivity contribution >= 4 is 11.4 Å². The Kier molecular flexibility index (Phi) is 2.10. The Hall–Kier alpha value is -2.43. The molecule has 0 fully saturated rings. The number of nitro groups is 1. The van der Waals surface area contributed by atoms with E-state index in [1.54, 1.807) is 12.1 Å². The van der Waals surface area contributed by atoms with Crippen molar-refractivity contribution in [3.05, 3.63) is 57.4 Å². The van der Waals surface area contributed by atoms with E-state index in [0.717, 1.165) is 11.1 Å². The SMILES string of the molecule is Nc1cc2c(cc1[N+](=O)[O-])-c1c(F)cccc1C2. The van der Waals surface area contributed by atoms with Gasteiger partial charge in [0.25, 0.3) is 5.69 Å². The van der Waals surface area contributed by atoms with E-state index in [0.29, 0.717) is 17.5 Å². The molecule has 0 spiro atoms. The van der Waals surface area contributed by atoms with E-state index in [1.807, 2.05) is 6.07 Å². The first kappa shape index (κ1) is 10.7. The summed E-state index contributed by atoms with van der Waals surface area (Å²) in [7, 11) is 0. The first-order chi connectivity index (χ1) is 8.58. The minimum absolute atomic E-state index is 0.118.